The Morgan fingerprint density at radius 1 is 1.61 bits per heavy atom. The van der Waals surface area contributed by atoms with Crippen LogP contribution in [0.4, 0.5) is 0 Å². The second-order valence-electron chi connectivity index (χ2n) is 4.73. The maximum absolute atomic E-state index is 11.5. The van der Waals surface area contributed by atoms with Gasteiger partial charge in [-0.25, -0.2) is 4.98 Å². The van der Waals surface area contributed by atoms with E-state index in [2.05, 4.69) is 20.2 Å². The summed E-state index contributed by atoms with van der Waals surface area (Å²) in [6.45, 7) is 4.53. The molecule has 5 heteroatoms. The second-order valence-corrected chi connectivity index (χ2v) is 4.73. The number of imidazole rings is 1. The lowest BCUT2D eigenvalue weighted by Crippen LogP contribution is -2.37. The van der Waals surface area contributed by atoms with Crippen molar-refractivity contribution < 1.29 is 4.79 Å². The minimum absolute atomic E-state index is 0.140. The van der Waals surface area contributed by atoms with E-state index in [0.717, 1.165) is 25.3 Å². The smallest absolute Gasteiger partial charge is 0.221 e. The van der Waals surface area contributed by atoms with E-state index in [0.29, 0.717) is 19.0 Å². The molecule has 0 spiro atoms. The highest BCUT2D eigenvalue weighted by Gasteiger charge is 2.25. The lowest BCUT2D eigenvalue weighted by Gasteiger charge is -2.34. The molecule has 2 rings (SSSR count). The molecular formula is C13H22N4O. The summed E-state index contributed by atoms with van der Waals surface area (Å²) in [4.78, 5) is 21.4. The van der Waals surface area contributed by atoms with Crippen LogP contribution in [0.5, 0.6) is 0 Å². The van der Waals surface area contributed by atoms with Crippen LogP contribution in [0.3, 0.4) is 0 Å². The van der Waals surface area contributed by atoms with Gasteiger partial charge in [-0.1, -0.05) is 6.42 Å². The number of hydrogen-bond donors (Lipinski definition) is 2. The predicted octanol–water partition coefficient (Wildman–Crippen LogP) is 1.46. The average Bonchev–Trinajstić information content (AvgIpc) is 2.91. The minimum Gasteiger partial charge on any atom is -0.356 e. The van der Waals surface area contributed by atoms with Crippen molar-refractivity contribution in [1.29, 1.82) is 0 Å². The van der Waals surface area contributed by atoms with Crippen LogP contribution >= 0.6 is 0 Å². The summed E-state index contributed by atoms with van der Waals surface area (Å²) in [5, 5.41) is 2.85. The first-order valence-electron chi connectivity index (χ1n) is 6.81. The normalized spacial score (nSPS) is 20.8. The zero-order valence-corrected chi connectivity index (χ0v) is 11.0. The number of aromatic amines is 1. The number of nitrogens with one attached hydrogen (secondary N) is 2. The fourth-order valence-electron chi connectivity index (χ4n) is 2.56. The van der Waals surface area contributed by atoms with E-state index >= 15 is 0 Å². The molecule has 0 unspecified atom stereocenters. The number of H-pyrrole nitrogens is 1. The number of carbonyl (C=O) groups excluding carboxylic acids is 1. The van der Waals surface area contributed by atoms with Crippen LogP contribution in [0, 0.1) is 0 Å². The third-order valence-corrected chi connectivity index (χ3v) is 3.45. The number of amides is 1. The Hall–Kier alpha value is -1.36. The van der Waals surface area contributed by atoms with Gasteiger partial charge in [-0.2, -0.15) is 0 Å². The van der Waals surface area contributed by atoms with Crippen LogP contribution in [-0.2, 0) is 4.79 Å². The van der Waals surface area contributed by atoms with Crippen LogP contribution in [0.25, 0.3) is 0 Å². The third kappa shape index (κ3) is 3.32. The second kappa shape index (κ2) is 6.54. The van der Waals surface area contributed by atoms with Crippen molar-refractivity contribution in [1.82, 2.24) is 20.2 Å². The molecule has 2 N–H and O–H groups in total. The fraction of sp³-hybridized carbons (Fsp3) is 0.692. The minimum atomic E-state index is 0.140. The van der Waals surface area contributed by atoms with Crippen molar-refractivity contribution in [3.63, 3.8) is 0 Å². The Kier molecular flexibility index (Phi) is 4.75. The maximum atomic E-state index is 11.5. The standard InChI is InChI=1S/C13H22N4O/c1-2-14-12(18)6-10-17-9-4-3-5-11(17)13-15-7-8-16-13/h7-8,11H,2-6,9-10H2,1H3,(H,14,18)(H,15,16)/t11-/m1/s1. The van der Waals surface area contributed by atoms with Crippen molar-refractivity contribution in [2.45, 2.75) is 38.6 Å². The van der Waals surface area contributed by atoms with Gasteiger partial charge in [0.05, 0.1) is 6.04 Å². The number of carbonyl (C=O) groups is 1. The summed E-state index contributed by atoms with van der Waals surface area (Å²) < 4.78 is 0. The van der Waals surface area contributed by atoms with Crippen molar-refractivity contribution in [2.75, 3.05) is 19.6 Å². The molecule has 1 aliphatic rings. The molecule has 0 saturated carbocycles. The van der Waals surface area contributed by atoms with Gasteiger partial charge >= 0.3 is 0 Å². The number of rotatable bonds is 5. The van der Waals surface area contributed by atoms with Crippen molar-refractivity contribution in [3.05, 3.63) is 18.2 Å². The number of nitrogens with zero attached hydrogens (tertiary/aromatic N) is 2. The lowest BCUT2D eigenvalue weighted by atomic mass is 10.0. The zero-order chi connectivity index (χ0) is 12.8. The highest BCUT2D eigenvalue weighted by Crippen LogP contribution is 2.28. The zero-order valence-electron chi connectivity index (χ0n) is 11.0. The molecule has 1 atom stereocenters. The van der Waals surface area contributed by atoms with E-state index < -0.39 is 0 Å². The molecule has 1 saturated heterocycles. The average molecular weight is 250 g/mol. The first kappa shape index (κ1) is 13.1. The van der Waals surface area contributed by atoms with Crippen molar-refractivity contribution in [2.24, 2.45) is 0 Å². The van der Waals surface area contributed by atoms with E-state index in [1.54, 1.807) is 6.20 Å². The Balaban J connectivity index is 1.90. The van der Waals surface area contributed by atoms with Gasteiger partial charge in [0.25, 0.3) is 0 Å². The number of hydrogen-bond acceptors (Lipinski definition) is 3. The van der Waals surface area contributed by atoms with Gasteiger partial charge < -0.3 is 10.3 Å². The van der Waals surface area contributed by atoms with E-state index in [1.807, 2.05) is 13.1 Å². The summed E-state index contributed by atoms with van der Waals surface area (Å²) in [6.07, 6.45) is 7.82. The van der Waals surface area contributed by atoms with E-state index in [4.69, 9.17) is 0 Å². The summed E-state index contributed by atoms with van der Waals surface area (Å²) >= 11 is 0. The summed E-state index contributed by atoms with van der Waals surface area (Å²) in [5.74, 6) is 1.17. The lowest BCUT2D eigenvalue weighted by molar-refractivity contribution is -0.121. The van der Waals surface area contributed by atoms with Crippen molar-refractivity contribution in [3.8, 4) is 0 Å². The quantitative estimate of drug-likeness (QED) is 0.831. The van der Waals surface area contributed by atoms with Gasteiger partial charge in [0, 0.05) is 31.9 Å². The largest absolute Gasteiger partial charge is 0.356 e. The van der Waals surface area contributed by atoms with E-state index in [1.165, 1.54) is 12.8 Å². The molecular weight excluding hydrogens is 228 g/mol. The van der Waals surface area contributed by atoms with Gasteiger partial charge in [0.1, 0.15) is 5.82 Å². The number of likely N-dealkylation sites (tertiary alicyclic amines) is 1. The topological polar surface area (TPSA) is 61.0 Å². The molecule has 0 radical (unpaired) electrons. The van der Waals surface area contributed by atoms with Gasteiger partial charge in [0.2, 0.25) is 5.91 Å². The molecule has 0 aromatic carbocycles. The molecule has 1 aromatic heterocycles. The fourth-order valence-corrected chi connectivity index (χ4v) is 2.56. The van der Waals surface area contributed by atoms with Gasteiger partial charge in [0.15, 0.2) is 0 Å². The summed E-state index contributed by atoms with van der Waals surface area (Å²) in [6, 6.07) is 0.350. The van der Waals surface area contributed by atoms with Crippen LogP contribution in [0.15, 0.2) is 12.4 Å². The van der Waals surface area contributed by atoms with Crippen LogP contribution in [0.1, 0.15) is 44.5 Å². The first-order valence-corrected chi connectivity index (χ1v) is 6.81. The molecule has 100 valence electrons. The van der Waals surface area contributed by atoms with Gasteiger partial charge in [-0.3, -0.25) is 9.69 Å². The molecule has 1 fully saturated rings. The molecule has 18 heavy (non-hydrogen) atoms. The van der Waals surface area contributed by atoms with Crippen LogP contribution < -0.4 is 5.32 Å². The summed E-state index contributed by atoms with van der Waals surface area (Å²) in [7, 11) is 0. The van der Waals surface area contributed by atoms with Crippen LogP contribution in [0.2, 0.25) is 0 Å². The monoisotopic (exact) mass is 250 g/mol. The van der Waals surface area contributed by atoms with Crippen LogP contribution in [-0.4, -0.2) is 40.4 Å². The number of piperidine rings is 1. The Morgan fingerprint density at radius 2 is 2.50 bits per heavy atom. The first-order chi connectivity index (χ1) is 8.81. The van der Waals surface area contributed by atoms with E-state index in [9.17, 15) is 4.79 Å². The van der Waals surface area contributed by atoms with Crippen molar-refractivity contribution >= 4 is 5.91 Å². The highest BCUT2D eigenvalue weighted by molar-refractivity contribution is 5.75. The Labute approximate surface area is 108 Å². The Morgan fingerprint density at radius 3 is 3.22 bits per heavy atom. The molecule has 0 bridgehead atoms. The molecule has 1 aliphatic heterocycles. The third-order valence-electron chi connectivity index (χ3n) is 3.45. The van der Waals surface area contributed by atoms with Gasteiger partial charge in [-0.05, 0) is 26.3 Å². The number of aromatic nitrogens is 2. The molecule has 1 amide bonds. The molecule has 5 nitrogen and oxygen atoms in total. The highest BCUT2D eigenvalue weighted by atomic mass is 16.1. The SMILES string of the molecule is CCNC(=O)CCN1CCCC[C@@H]1c1ncc[nH]1. The molecule has 1 aromatic rings. The molecule has 0 aliphatic carbocycles. The van der Waals surface area contributed by atoms with Gasteiger partial charge in [-0.15, -0.1) is 0 Å². The Bertz CT molecular complexity index is 363. The maximum Gasteiger partial charge on any atom is 0.221 e. The van der Waals surface area contributed by atoms with E-state index in [-0.39, 0.29) is 5.91 Å². The molecule has 2 heterocycles. The predicted molar refractivity (Wildman–Crippen MR) is 70.1 cm³/mol. The summed E-state index contributed by atoms with van der Waals surface area (Å²) in [5.41, 5.74) is 0.